The summed E-state index contributed by atoms with van der Waals surface area (Å²) in [5.74, 6) is 0.646. The van der Waals surface area contributed by atoms with Crippen molar-refractivity contribution in [1.29, 1.82) is 0 Å². The zero-order valence-electron chi connectivity index (χ0n) is 16.8. The number of hydrogen-bond acceptors (Lipinski definition) is 4. The molecule has 0 atom stereocenters. The highest BCUT2D eigenvalue weighted by Crippen LogP contribution is 2.25. The highest BCUT2D eigenvalue weighted by atomic mass is 32.2. The number of ether oxygens (including phenoxy) is 1. The molecular weight excluding hydrogens is 384 g/mol. The summed E-state index contributed by atoms with van der Waals surface area (Å²) in [6.07, 6.45) is 0.766. The van der Waals surface area contributed by atoms with E-state index in [0.717, 1.165) is 28.7 Å². The first kappa shape index (κ1) is 20.8. The van der Waals surface area contributed by atoms with Gasteiger partial charge >= 0.3 is 0 Å². The fourth-order valence-corrected chi connectivity index (χ4v) is 4.55. The van der Waals surface area contributed by atoms with Gasteiger partial charge in [-0.25, -0.2) is 8.42 Å². The first-order valence-corrected chi connectivity index (χ1v) is 11.0. The molecule has 0 amide bonds. The van der Waals surface area contributed by atoms with E-state index >= 15 is 0 Å². The summed E-state index contributed by atoms with van der Waals surface area (Å²) in [5.41, 5.74) is 4.81. The molecule has 0 aliphatic carbocycles. The van der Waals surface area contributed by atoms with Crippen LogP contribution in [0.4, 0.5) is 0 Å². The Morgan fingerprint density at radius 3 is 2.17 bits per heavy atom. The Hall–Kier alpha value is -2.92. The summed E-state index contributed by atoms with van der Waals surface area (Å²) in [6.45, 7) is 6.04. The second kappa shape index (κ2) is 8.62. The smallest absolute Gasteiger partial charge is 0.182 e. The third kappa shape index (κ3) is 4.93. The molecule has 0 saturated carbocycles. The third-order valence-electron chi connectivity index (χ3n) is 4.85. The third-order valence-corrected chi connectivity index (χ3v) is 6.56. The Balaban J connectivity index is 1.85. The Morgan fingerprint density at radius 1 is 0.897 bits per heavy atom. The maximum absolute atomic E-state index is 12.7. The highest BCUT2D eigenvalue weighted by Gasteiger charge is 2.16. The maximum Gasteiger partial charge on any atom is 0.182 e. The monoisotopic (exact) mass is 408 g/mol. The number of aldehydes is 1. The van der Waals surface area contributed by atoms with Crippen molar-refractivity contribution in [2.24, 2.45) is 0 Å². The summed E-state index contributed by atoms with van der Waals surface area (Å²) in [7, 11) is -3.48. The lowest BCUT2D eigenvalue weighted by atomic mass is 10.1. The number of benzene rings is 3. The van der Waals surface area contributed by atoms with Crippen molar-refractivity contribution < 1.29 is 17.9 Å². The largest absolute Gasteiger partial charge is 0.488 e. The van der Waals surface area contributed by atoms with E-state index < -0.39 is 9.84 Å². The van der Waals surface area contributed by atoms with Gasteiger partial charge in [-0.2, -0.15) is 0 Å². The fraction of sp³-hybridized carbons (Fsp3) is 0.208. The molecule has 0 unspecified atom stereocenters. The molecule has 150 valence electrons. The van der Waals surface area contributed by atoms with Crippen LogP contribution in [-0.4, -0.2) is 14.7 Å². The molecule has 3 rings (SSSR count). The Labute approximate surface area is 172 Å². The van der Waals surface area contributed by atoms with E-state index in [4.69, 9.17) is 4.74 Å². The van der Waals surface area contributed by atoms with Crippen LogP contribution < -0.4 is 4.74 Å². The van der Waals surface area contributed by atoms with Gasteiger partial charge in [0.05, 0.1) is 10.6 Å². The van der Waals surface area contributed by atoms with Crippen LogP contribution in [0.2, 0.25) is 0 Å². The number of aryl methyl sites for hydroxylation is 3. The van der Waals surface area contributed by atoms with Crippen LogP contribution in [0.15, 0.2) is 65.6 Å². The number of rotatable bonds is 7. The number of sulfone groups is 1. The standard InChI is InChI=1S/C24H24O4S/c1-17-7-11-23(12-8-17)29(26,27)16-20-9-10-21(14-25)22(13-20)15-28-24-18(2)5-4-6-19(24)3/h4-14H,15-16H2,1-3H3. The SMILES string of the molecule is Cc1ccc(S(=O)(=O)Cc2ccc(C=O)c(COc3c(C)cccc3C)c2)cc1. The number of para-hydroxylation sites is 1. The lowest BCUT2D eigenvalue weighted by molar-refractivity contribution is 0.112. The van der Waals surface area contributed by atoms with Crippen LogP contribution in [0, 0.1) is 20.8 Å². The van der Waals surface area contributed by atoms with Crippen molar-refractivity contribution in [3.63, 3.8) is 0 Å². The molecule has 5 heteroatoms. The highest BCUT2D eigenvalue weighted by molar-refractivity contribution is 7.90. The summed E-state index contributed by atoms with van der Waals surface area (Å²) in [6, 6.07) is 17.8. The molecule has 0 N–H and O–H groups in total. The van der Waals surface area contributed by atoms with Crippen molar-refractivity contribution in [1.82, 2.24) is 0 Å². The zero-order valence-corrected chi connectivity index (χ0v) is 17.6. The molecule has 0 aliphatic rings. The van der Waals surface area contributed by atoms with Gasteiger partial charge in [0.25, 0.3) is 0 Å². The number of carbonyl (C=O) groups is 1. The first-order chi connectivity index (χ1) is 13.8. The van der Waals surface area contributed by atoms with Crippen LogP contribution in [-0.2, 0) is 22.2 Å². The lowest BCUT2D eigenvalue weighted by Crippen LogP contribution is -2.07. The van der Waals surface area contributed by atoms with Crippen LogP contribution in [0.1, 0.15) is 38.2 Å². The predicted molar refractivity (Wildman–Crippen MR) is 114 cm³/mol. The topological polar surface area (TPSA) is 60.4 Å². The molecule has 0 spiro atoms. The van der Waals surface area contributed by atoms with Gasteiger partial charge in [-0.15, -0.1) is 0 Å². The molecule has 0 fully saturated rings. The van der Waals surface area contributed by atoms with Gasteiger partial charge in [0.1, 0.15) is 18.6 Å². The van der Waals surface area contributed by atoms with Gasteiger partial charge in [0.2, 0.25) is 0 Å². The van der Waals surface area contributed by atoms with Crippen molar-refractivity contribution in [3.8, 4) is 5.75 Å². The molecule has 4 nitrogen and oxygen atoms in total. The molecule has 0 heterocycles. The quantitative estimate of drug-likeness (QED) is 0.518. The summed E-state index contributed by atoms with van der Waals surface area (Å²) >= 11 is 0. The molecule has 0 bridgehead atoms. The van der Waals surface area contributed by atoms with Gasteiger partial charge in [-0.05, 0) is 49.6 Å². The second-order valence-electron chi connectivity index (χ2n) is 7.23. The molecular formula is C24H24O4S. The second-order valence-corrected chi connectivity index (χ2v) is 9.22. The molecule has 3 aromatic carbocycles. The first-order valence-electron chi connectivity index (χ1n) is 9.35. The minimum atomic E-state index is -3.48. The van der Waals surface area contributed by atoms with E-state index in [1.54, 1.807) is 42.5 Å². The van der Waals surface area contributed by atoms with E-state index in [1.165, 1.54) is 0 Å². The summed E-state index contributed by atoms with van der Waals surface area (Å²) in [4.78, 5) is 11.7. The van der Waals surface area contributed by atoms with Gasteiger partial charge in [0.15, 0.2) is 9.84 Å². The van der Waals surface area contributed by atoms with Crippen LogP contribution in [0.3, 0.4) is 0 Å². The van der Waals surface area contributed by atoms with Crippen molar-refractivity contribution >= 4 is 16.1 Å². The van der Waals surface area contributed by atoms with Crippen molar-refractivity contribution in [3.05, 3.63) is 94.0 Å². The minimum absolute atomic E-state index is 0.133. The molecule has 0 radical (unpaired) electrons. The van der Waals surface area contributed by atoms with E-state index in [2.05, 4.69) is 0 Å². The van der Waals surface area contributed by atoms with Crippen LogP contribution in [0.25, 0.3) is 0 Å². The van der Waals surface area contributed by atoms with Gasteiger partial charge in [-0.3, -0.25) is 4.79 Å². The fourth-order valence-electron chi connectivity index (χ4n) is 3.21. The molecule has 29 heavy (non-hydrogen) atoms. The maximum atomic E-state index is 12.7. The Kier molecular flexibility index (Phi) is 6.18. The van der Waals surface area contributed by atoms with E-state index in [0.29, 0.717) is 16.7 Å². The average Bonchev–Trinajstić information content (AvgIpc) is 2.68. The van der Waals surface area contributed by atoms with Gasteiger partial charge in [0, 0.05) is 11.1 Å². The number of hydrogen-bond donors (Lipinski definition) is 0. The van der Waals surface area contributed by atoms with Crippen LogP contribution >= 0.6 is 0 Å². The van der Waals surface area contributed by atoms with Gasteiger partial charge in [-0.1, -0.05) is 54.1 Å². The molecule has 0 aliphatic heterocycles. The normalized spacial score (nSPS) is 11.3. The molecule has 3 aromatic rings. The molecule has 0 saturated heterocycles. The van der Waals surface area contributed by atoms with E-state index in [-0.39, 0.29) is 17.3 Å². The van der Waals surface area contributed by atoms with Crippen molar-refractivity contribution in [2.45, 2.75) is 38.0 Å². The van der Waals surface area contributed by atoms with Gasteiger partial charge < -0.3 is 4.74 Å². The summed E-state index contributed by atoms with van der Waals surface area (Å²) < 4.78 is 31.5. The Morgan fingerprint density at radius 2 is 1.55 bits per heavy atom. The van der Waals surface area contributed by atoms with E-state index in [1.807, 2.05) is 39.0 Å². The number of carbonyl (C=O) groups excluding carboxylic acids is 1. The zero-order chi connectivity index (χ0) is 21.0. The predicted octanol–water partition coefficient (Wildman–Crippen LogP) is 4.98. The minimum Gasteiger partial charge on any atom is -0.488 e. The van der Waals surface area contributed by atoms with Crippen molar-refractivity contribution in [2.75, 3.05) is 0 Å². The van der Waals surface area contributed by atoms with Crippen LogP contribution in [0.5, 0.6) is 5.75 Å². The Bertz CT molecular complexity index is 1110. The lowest BCUT2D eigenvalue weighted by Gasteiger charge is -2.14. The summed E-state index contributed by atoms with van der Waals surface area (Å²) in [5, 5.41) is 0. The van der Waals surface area contributed by atoms with E-state index in [9.17, 15) is 13.2 Å². The average molecular weight is 409 g/mol. The molecule has 0 aromatic heterocycles.